The Balaban J connectivity index is 1.91. The number of hydrogen-bond donors (Lipinski definition) is 4. The molecular weight excluding hydrogens is 344 g/mol. The minimum Gasteiger partial charge on any atom is -0.396 e. The van der Waals surface area contributed by atoms with Crippen molar-refractivity contribution in [2.75, 3.05) is 32.2 Å². The maximum absolute atomic E-state index is 11.8. The molecule has 26 heavy (non-hydrogen) atoms. The third-order valence-corrected chi connectivity index (χ3v) is 4.26. The molecule has 1 amide bonds. The van der Waals surface area contributed by atoms with E-state index in [2.05, 4.69) is 20.3 Å². The first-order chi connectivity index (χ1) is 12.5. The zero-order chi connectivity index (χ0) is 18.8. The predicted molar refractivity (Wildman–Crippen MR) is 90.3 cm³/mol. The smallest absolute Gasteiger partial charge is 0.222 e. The molecule has 2 aromatic rings. The molecule has 4 N–H and O–H groups in total. The predicted octanol–water partition coefficient (Wildman–Crippen LogP) is -1.99. The van der Waals surface area contributed by atoms with Gasteiger partial charge in [0.25, 0.3) is 0 Å². The summed E-state index contributed by atoms with van der Waals surface area (Å²) in [7, 11) is 3.66. The second-order valence-corrected chi connectivity index (χ2v) is 6.22. The molecule has 3 heterocycles. The Labute approximate surface area is 149 Å². The van der Waals surface area contributed by atoms with E-state index in [4.69, 9.17) is 9.84 Å². The number of amides is 1. The second-order valence-electron chi connectivity index (χ2n) is 6.22. The molecular formula is C15H22N6O5. The highest BCUT2D eigenvalue weighted by Gasteiger charge is 2.45. The van der Waals surface area contributed by atoms with Crippen molar-refractivity contribution in [1.29, 1.82) is 0 Å². The lowest BCUT2D eigenvalue weighted by molar-refractivity contribution is -0.123. The number of aliphatic hydroxyl groups is 3. The van der Waals surface area contributed by atoms with Crippen LogP contribution in [0.4, 0.5) is 5.82 Å². The fourth-order valence-corrected chi connectivity index (χ4v) is 3.02. The van der Waals surface area contributed by atoms with Crippen molar-refractivity contribution in [2.24, 2.45) is 0 Å². The van der Waals surface area contributed by atoms with Crippen molar-refractivity contribution in [3.63, 3.8) is 0 Å². The molecule has 1 saturated heterocycles. The zero-order valence-corrected chi connectivity index (χ0v) is 14.5. The summed E-state index contributed by atoms with van der Waals surface area (Å²) in [5.74, 6) is 0.180. The van der Waals surface area contributed by atoms with Gasteiger partial charge in [-0.3, -0.25) is 9.36 Å². The fourth-order valence-electron chi connectivity index (χ4n) is 3.02. The third-order valence-electron chi connectivity index (χ3n) is 4.26. The number of hydrogen-bond acceptors (Lipinski definition) is 9. The summed E-state index contributed by atoms with van der Waals surface area (Å²) in [6.07, 6.45) is -0.0514. The van der Waals surface area contributed by atoms with E-state index in [0.29, 0.717) is 17.0 Å². The molecule has 2 aromatic heterocycles. The van der Waals surface area contributed by atoms with Gasteiger partial charge in [-0.15, -0.1) is 0 Å². The van der Waals surface area contributed by atoms with Gasteiger partial charge in [0.2, 0.25) is 5.91 Å². The molecule has 1 aliphatic rings. The number of imidazole rings is 1. The lowest BCUT2D eigenvalue weighted by Gasteiger charge is -2.20. The van der Waals surface area contributed by atoms with E-state index in [1.807, 2.05) is 14.1 Å². The van der Waals surface area contributed by atoms with Crippen LogP contribution in [0.15, 0.2) is 12.7 Å². The second kappa shape index (κ2) is 7.50. The molecule has 0 unspecified atom stereocenters. The van der Waals surface area contributed by atoms with Crippen LogP contribution in [0.25, 0.3) is 11.2 Å². The van der Waals surface area contributed by atoms with Gasteiger partial charge in [-0.05, 0) is 0 Å². The Kier molecular flexibility index (Phi) is 5.32. The monoisotopic (exact) mass is 366 g/mol. The van der Waals surface area contributed by atoms with Crippen LogP contribution in [0, 0.1) is 0 Å². The largest absolute Gasteiger partial charge is 0.396 e. The molecule has 11 nitrogen and oxygen atoms in total. The Morgan fingerprint density at radius 1 is 1.35 bits per heavy atom. The van der Waals surface area contributed by atoms with Crippen molar-refractivity contribution in [3.05, 3.63) is 12.7 Å². The highest BCUT2D eigenvalue weighted by atomic mass is 16.5. The quantitative estimate of drug-likeness (QED) is 0.456. The van der Waals surface area contributed by atoms with E-state index < -0.39 is 30.4 Å². The average Bonchev–Trinajstić information content (AvgIpc) is 3.16. The Morgan fingerprint density at radius 2 is 2.12 bits per heavy atom. The maximum Gasteiger partial charge on any atom is 0.222 e. The summed E-state index contributed by atoms with van der Waals surface area (Å²) in [5.41, 5.74) is 1.01. The van der Waals surface area contributed by atoms with E-state index in [0.717, 1.165) is 0 Å². The third kappa shape index (κ3) is 3.21. The van der Waals surface area contributed by atoms with Crippen LogP contribution in [0.2, 0.25) is 0 Å². The van der Waals surface area contributed by atoms with E-state index in [-0.39, 0.29) is 19.6 Å². The lowest BCUT2D eigenvalue weighted by atomic mass is 10.1. The van der Waals surface area contributed by atoms with Crippen molar-refractivity contribution in [1.82, 2.24) is 24.8 Å². The lowest BCUT2D eigenvalue weighted by Crippen LogP contribution is -2.48. The van der Waals surface area contributed by atoms with Gasteiger partial charge in [0.05, 0.1) is 25.6 Å². The van der Waals surface area contributed by atoms with Crippen molar-refractivity contribution < 1.29 is 24.9 Å². The first kappa shape index (κ1) is 18.5. The van der Waals surface area contributed by atoms with E-state index >= 15 is 0 Å². The van der Waals surface area contributed by atoms with Crippen molar-refractivity contribution in [3.8, 4) is 0 Å². The summed E-state index contributed by atoms with van der Waals surface area (Å²) in [6, 6.07) is -0.823. The number of rotatable bonds is 6. The van der Waals surface area contributed by atoms with Gasteiger partial charge in [0, 0.05) is 20.5 Å². The van der Waals surface area contributed by atoms with Gasteiger partial charge in [0.1, 0.15) is 18.5 Å². The molecule has 0 spiro atoms. The Bertz CT molecular complexity index is 781. The van der Waals surface area contributed by atoms with Crippen LogP contribution in [0.3, 0.4) is 0 Å². The van der Waals surface area contributed by atoms with Gasteiger partial charge in [-0.2, -0.15) is 0 Å². The van der Waals surface area contributed by atoms with Crippen LogP contribution in [-0.2, 0) is 9.53 Å². The molecule has 0 bridgehead atoms. The molecule has 142 valence electrons. The molecule has 0 saturated carbocycles. The Morgan fingerprint density at radius 3 is 2.77 bits per heavy atom. The van der Waals surface area contributed by atoms with Crippen molar-refractivity contribution in [2.45, 2.75) is 30.9 Å². The number of ether oxygens (including phenoxy) is 1. The molecule has 1 aliphatic heterocycles. The summed E-state index contributed by atoms with van der Waals surface area (Å²) < 4.78 is 7.29. The van der Waals surface area contributed by atoms with Crippen LogP contribution in [-0.4, -0.2) is 86.3 Å². The molecule has 0 aromatic carbocycles. The normalized spacial score (nSPS) is 25.6. The topological polar surface area (TPSA) is 146 Å². The molecule has 0 radical (unpaired) electrons. The van der Waals surface area contributed by atoms with E-state index in [1.54, 1.807) is 9.47 Å². The molecule has 0 aliphatic carbocycles. The molecule has 11 heteroatoms. The number of carbonyl (C=O) groups excluding carboxylic acids is 1. The maximum atomic E-state index is 11.8. The van der Waals surface area contributed by atoms with Gasteiger partial charge in [0.15, 0.2) is 23.2 Å². The number of nitrogens with zero attached hydrogens (tertiary/aromatic N) is 5. The number of anilines is 1. The van der Waals surface area contributed by atoms with Crippen molar-refractivity contribution >= 4 is 22.9 Å². The molecule has 3 rings (SSSR count). The van der Waals surface area contributed by atoms with E-state index in [9.17, 15) is 15.0 Å². The summed E-state index contributed by atoms with van der Waals surface area (Å²) in [5, 5.41) is 31.7. The minimum absolute atomic E-state index is 0.0978. The van der Waals surface area contributed by atoms with Crippen LogP contribution in [0.5, 0.6) is 0 Å². The number of nitrogens with one attached hydrogen (secondary N) is 1. The van der Waals surface area contributed by atoms with Gasteiger partial charge >= 0.3 is 0 Å². The number of fused-ring (bicyclic) bond motifs is 1. The van der Waals surface area contributed by atoms with Crippen LogP contribution in [0.1, 0.15) is 12.6 Å². The summed E-state index contributed by atoms with van der Waals surface area (Å²) >= 11 is 0. The molecule has 1 fully saturated rings. The number of aromatic nitrogens is 4. The number of carbonyl (C=O) groups is 1. The van der Waals surface area contributed by atoms with Gasteiger partial charge in [-0.25, -0.2) is 15.0 Å². The first-order valence-corrected chi connectivity index (χ1v) is 8.17. The standard InChI is InChI=1S/C15H22N6O5/c1-20(2)13-11-14(17-6-16-13)21(7-18-11)15-12(25)10(8(5-23)26-15)19-9(24)3-4-22/h6-8,10,12,15,22-23,25H,3-5H2,1-2H3,(H,19,24)/t8-,10-,12-,15-/m1/s1. The fraction of sp³-hybridized carbons (Fsp3) is 0.600. The average molecular weight is 366 g/mol. The highest BCUT2D eigenvalue weighted by Crippen LogP contribution is 2.32. The highest BCUT2D eigenvalue weighted by molar-refractivity contribution is 5.83. The zero-order valence-electron chi connectivity index (χ0n) is 14.5. The van der Waals surface area contributed by atoms with Gasteiger partial charge in [-0.1, -0.05) is 0 Å². The summed E-state index contributed by atoms with van der Waals surface area (Å²) in [4.78, 5) is 26.3. The summed E-state index contributed by atoms with van der Waals surface area (Å²) in [6.45, 7) is -0.693. The Hall–Kier alpha value is -2.34. The minimum atomic E-state index is -1.13. The SMILES string of the molecule is CN(C)c1ncnc2c1ncn2[C@@H]1O[C@H](CO)[C@@H](NC(=O)CCO)[C@H]1O. The number of aliphatic hydroxyl groups excluding tert-OH is 3. The van der Waals surface area contributed by atoms with Crippen LogP contribution >= 0.6 is 0 Å². The molecule has 4 atom stereocenters. The van der Waals surface area contributed by atoms with E-state index in [1.165, 1.54) is 12.7 Å². The van der Waals surface area contributed by atoms with Crippen LogP contribution < -0.4 is 10.2 Å². The first-order valence-electron chi connectivity index (χ1n) is 8.17. The van der Waals surface area contributed by atoms with Gasteiger partial charge < -0.3 is 30.3 Å².